The number of aliphatic hydroxyl groups excluding tert-OH is 1. The zero-order valence-corrected chi connectivity index (χ0v) is 15.4. The zero-order valence-electron chi connectivity index (χ0n) is 15.4. The predicted octanol–water partition coefficient (Wildman–Crippen LogP) is 4.04. The Kier molecular flexibility index (Phi) is 5.35. The number of rotatable bonds is 5. The van der Waals surface area contributed by atoms with E-state index in [9.17, 15) is 19.8 Å². The second kappa shape index (κ2) is 7.52. The lowest BCUT2D eigenvalue weighted by atomic mass is 9.89. The Labute approximate surface area is 154 Å². The standard InChI is InChI=1S/C21H27NO4/c1-13(2)11-17(24)18-19(14-7-6-10-16(23)12-14)22(21(26)20(18)25)15-8-4-3-5-9-15/h6-7,10,12-13,15,19,23,25H,3-5,8-9,11H2,1-2H3. The molecule has 1 saturated carbocycles. The van der Waals surface area contributed by atoms with Crippen molar-refractivity contribution in [2.24, 2.45) is 5.92 Å². The summed E-state index contributed by atoms with van der Waals surface area (Å²) in [4.78, 5) is 27.4. The minimum atomic E-state index is -0.621. The van der Waals surface area contributed by atoms with Crippen LogP contribution in [0.25, 0.3) is 0 Å². The molecule has 1 aliphatic heterocycles. The summed E-state index contributed by atoms with van der Waals surface area (Å²) in [5.74, 6) is -0.864. The molecule has 1 aromatic rings. The molecule has 5 heteroatoms. The number of hydrogen-bond acceptors (Lipinski definition) is 4. The van der Waals surface area contributed by atoms with Crippen LogP contribution in [0.15, 0.2) is 35.6 Å². The molecule has 2 aliphatic rings. The first-order chi connectivity index (χ1) is 12.4. The lowest BCUT2D eigenvalue weighted by Crippen LogP contribution is -2.41. The van der Waals surface area contributed by atoms with E-state index in [-0.39, 0.29) is 35.5 Å². The third-order valence-electron chi connectivity index (χ3n) is 5.29. The number of aromatic hydroxyl groups is 1. The molecule has 0 aromatic heterocycles. The van der Waals surface area contributed by atoms with E-state index in [0.29, 0.717) is 5.56 Å². The van der Waals surface area contributed by atoms with Gasteiger partial charge in [0.05, 0.1) is 11.6 Å². The minimum Gasteiger partial charge on any atom is -0.508 e. The third kappa shape index (κ3) is 3.48. The van der Waals surface area contributed by atoms with Crippen molar-refractivity contribution in [2.45, 2.75) is 64.5 Å². The van der Waals surface area contributed by atoms with Crippen LogP contribution in [-0.2, 0) is 9.59 Å². The van der Waals surface area contributed by atoms with E-state index in [0.717, 1.165) is 32.1 Å². The highest BCUT2D eigenvalue weighted by atomic mass is 16.3. The number of carbonyl (C=O) groups excluding carboxylic acids is 2. The number of hydrogen-bond donors (Lipinski definition) is 2. The molecule has 1 atom stereocenters. The summed E-state index contributed by atoms with van der Waals surface area (Å²) in [6, 6.07) is 6.03. The van der Waals surface area contributed by atoms with Gasteiger partial charge in [-0.2, -0.15) is 0 Å². The molecule has 1 aliphatic carbocycles. The third-order valence-corrected chi connectivity index (χ3v) is 5.29. The van der Waals surface area contributed by atoms with Crippen molar-refractivity contribution < 1.29 is 19.8 Å². The summed E-state index contributed by atoms with van der Waals surface area (Å²) in [6.07, 6.45) is 5.25. The Morgan fingerprint density at radius 3 is 2.50 bits per heavy atom. The smallest absolute Gasteiger partial charge is 0.290 e. The number of phenolic OH excluding ortho intramolecular Hbond substituents is 1. The van der Waals surface area contributed by atoms with E-state index in [4.69, 9.17) is 0 Å². The number of aliphatic hydroxyl groups is 1. The predicted molar refractivity (Wildman–Crippen MR) is 98.7 cm³/mol. The first kappa shape index (κ1) is 18.5. The molecular weight excluding hydrogens is 330 g/mol. The van der Waals surface area contributed by atoms with Crippen LogP contribution in [-0.4, -0.2) is 32.8 Å². The molecule has 3 rings (SSSR count). The molecule has 0 bridgehead atoms. The average molecular weight is 357 g/mol. The van der Waals surface area contributed by atoms with Gasteiger partial charge in [0.1, 0.15) is 5.75 Å². The maximum atomic E-state index is 12.9. The van der Waals surface area contributed by atoms with Gasteiger partial charge in [-0.05, 0) is 36.5 Å². The number of carbonyl (C=O) groups is 2. The van der Waals surface area contributed by atoms with Crippen molar-refractivity contribution in [1.82, 2.24) is 4.90 Å². The SMILES string of the molecule is CC(C)CC(=O)C1=C(O)C(=O)N(C2CCCCC2)C1c1cccc(O)c1. The molecular formula is C21H27NO4. The van der Waals surface area contributed by atoms with Crippen molar-refractivity contribution in [3.8, 4) is 5.75 Å². The summed E-state index contributed by atoms with van der Waals surface area (Å²) in [5, 5.41) is 20.5. The largest absolute Gasteiger partial charge is 0.508 e. The fourth-order valence-corrected chi connectivity index (χ4v) is 4.15. The van der Waals surface area contributed by atoms with Gasteiger partial charge in [-0.3, -0.25) is 9.59 Å². The number of benzene rings is 1. The van der Waals surface area contributed by atoms with Crippen molar-refractivity contribution in [1.29, 1.82) is 0 Å². The van der Waals surface area contributed by atoms with Gasteiger partial charge in [0.2, 0.25) is 0 Å². The Morgan fingerprint density at radius 2 is 1.88 bits per heavy atom. The molecule has 1 unspecified atom stereocenters. The summed E-state index contributed by atoms with van der Waals surface area (Å²) >= 11 is 0. The number of amides is 1. The first-order valence-electron chi connectivity index (χ1n) is 9.48. The molecule has 1 aromatic carbocycles. The van der Waals surface area contributed by atoms with Gasteiger partial charge in [-0.1, -0.05) is 45.2 Å². The van der Waals surface area contributed by atoms with E-state index in [1.54, 1.807) is 29.2 Å². The van der Waals surface area contributed by atoms with Gasteiger partial charge in [0.15, 0.2) is 11.5 Å². The highest BCUT2D eigenvalue weighted by Gasteiger charge is 2.46. The van der Waals surface area contributed by atoms with Gasteiger partial charge in [-0.15, -0.1) is 0 Å². The quantitative estimate of drug-likeness (QED) is 0.834. The van der Waals surface area contributed by atoms with E-state index in [1.807, 2.05) is 13.8 Å². The van der Waals surface area contributed by atoms with E-state index >= 15 is 0 Å². The molecule has 0 spiro atoms. The Balaban J connectivity index is 2.05. The van der Waals surface area contributed by atoms with Crippen LogP contribution in [0.1, 0.15) is 64.0 Å². The van der Waals surface area contributed by atoms with Gasteiger partial charge >= 0.3 is 0 Å². The Morgan fingerprint density at radius 1 is 1.19 bits per heavy atom. The Bertz CT molecular complexity index is 731. The summed E-state index contributed by atoms with van der Waals surface area (Å²) in [5.41, 5.74) is 0.847. The lowest BCUT2D eigenvalue weighted by molar-refractivity contribution is -0.132. The molecule has 0 saturated heterocycles. The molecule has 5 nitrogen and oxygen atoms in total. The maximum Gasteiger partial charge on any atom is 0.290 e. The number of Topliss-reactive ketones (excluding diaryl/α,β-unsaturated/α-hetero) is 1. The number of ketones is 1. The van der Waals surface area contributed by atoms with Gasteiger partial charge < -0.3 is 15.1 Å². The van der Waals surface area contributed by atoms with Crippen molar-refractivity contribution in [2.75, 3.05) is 0 Å². The molecule has 1 fully saturated rings. The minimum absolute atomic E-state index is 0.00935. The van der Waals surface area contributed by atoms with Crippen LogP contribution in [0.2, 0.25) is 0 Å². The van der Waals surface area contributed by atoms with Gasteiger partial charge in [0.25, 0.3) is 5.91 Å². The normalized spacial score (nSPS) is 21.7. The molecule has 1 amide bonds. The molecule has 140 valence electrons. The number of nitrogens with zero attached hydrogens (tertiary/aromatic N) is 1. The van der Waals surface area contributed by atoms with Crippen LogP contribution in [0.5, 0.6) is 5.75 Å². The lowest BCUT2D eigenvalue weighted by Gasteiger charge is -2.36. The summed E-state index contributed by atoms with van der Waals surface area (Å²) < 4.78 is 0. The van der Waals surface area contributed by atoms with Crippen molar-refractivity contribution >= 4 is 11.7 Å². The first-order valence-corrected chi connectivity index (χ1v) is 9.48. The van der Waals surface area contributed by atoms with Crippen LogP contribution >= 0.6 is 0 Å². The van der Waals surface area contributed by atoms with Gasteiger partial charge in [0, 0.05) is 12.5 Å². The van der Waals surface area contributed by atoms with Crippen LogP contribution in [0.3, 0.4) is 0 Å². The van der Waals surface area contributed by atoms with E-state index < -0.39 is 17.7 Å². The van der Waals surface area contributed by atoms with Crippen molar-refractivity contribution in [3.05, 3.63) is 41.2 Å². The second-order valence-corrected chi connectivity index (χ2v) is 7.79. The highest BCUT2D eigenvalue weighted by Crippen LogP contribution is 2.43. The average Bonchev–Trinajstić information content (AvgIpc) is 2.87. The number of phenols is 1. The van der Waals surface area contributed by atoms with Crippen LogP contribution < -0.4 is 0 Å². The second-order valence-electron chi connectivity index (χ2n) is 7.79. The highest BCUT2D eigenvalue weighted by molar-refractivity contribution is 6.09. The molecule has 2 N–H and O–H groups in total. The van der Waals surface area contributed by atoms with E-state index in [2.05, 4.69) is 0 Å². The summed E-state index contributed by atoms with van der Waals surface area (Å²) in [6.45, 7) is 3.88. The topological polar surface area (TPSA) is 77.8 Å². The molecule has 26 heavy (non-hydrogen) atoms. The maximum absolute atomic E-state index is 12.9. The molecule has 0 radical (unpaired) electrons. The van der Waals surface area contributed by atoms with Crippen LogP contribution in [0.4, 0.5) is 0 Å². The molecule has 1 heterocycles. The van der Waals surface area contributed by atoms with E-state index in [1.165, 1.54) is 0 Å². The monoisotopic (exact) mass is 357 g/mol. The zero-order chi connectivity index (χ0) is 18.8. The fourth-order valence-electron chi connectivity index (χ4n) is 4.15. The van der Waals surface area contributed by atoms with Crippen LogP contribution in [0, 0.1) is 5.92 Å². The van der Waals surface area contributed by atoms with Gasteiger partial charge in [-0.25, -0.2) is 0 Å². The van der Waals surface area contributed by atoms with Crippen molar-refractivity contribution in [3.63, 3.8) is 0 Å². The fraction of sp³-hybridized carbons (Fsp3) is 0.524. The summed E-state index contributed by atoms with van der Waals surface area (Å²) in [7, 11) is 0. The Hall–Kier alpha value is -2.30.